The van der Waals surface area contributed by atoms with Crippen LogP contribution in [0.25, 0.3) is 0 Å². The number of halogens is 2. The molecule has 4 aliphatic rings. The molecule has 0 radical (unpaired) electrons. The highest BCUT2D eigenvalue weighted by atomic mass is 35.5. The molecular weight excluding hydrogens is 441 g/mol. The van der Waals surface area contributed by atoms with E-state index in [9.17, 15) is 14.0 Å². The highest BCUT2D eigenvalue weighted by molar-refractivity contribution is 6.33. The van der Waals surface area contributed by atoms with Gasteiger partial charge in [0.2, 0.25) is 5.91 Å². The van der Waals surface area contributed by atoms with Gasteiger partial charge in [-0.15, -0.1) is 0 Å². The summed E-state index contributed by atoms with van der Waals surface area (Å²) in [5.74, 6) is 1.39. The van der Waals surface area contributed by atoms with Gasteiger partial charge in [0.15, 0.2) is 0 Å². The summed E-state index contributed by atoms with van der Waals surface area (Å²) in [6, 6.07) is 11.5. The fourth-order valence-electron chi connectivity index (χ4n) is 6.52. The molecule has 4 bridgehead atoms. The van der Waals surface area contributed by atoms with Crippen LogP contribution in [0, 0.1) is 23.6 Å². The van der Waals surface area contributed by atoms with E-state index in [1.54, 1.807) is 0 Å². The number of rotatable bonds is 7. The lowest BCUT2D eigenvalue weighted by atomic mass is 9.53. The molecule has 0 spiro atoms. The summed E-state index contributed by atoms with van der Waals surface area (Å²) >= 11 is 5.93. The molecule has 4 aliphatic carbocycles. The maximum absolute atomic E-state index is 13.2. The summed E-state index contributed by atoms with van der Waals surface area (Å²) in [5.41, 5.74) is 2.07. The Labute approximate surface area is 198 Å². The van der Waals surface area contributed by atoms with Crippen LogP contribution >= 0.6 is 11.6 Å². The van der Waals surface area contributed by atoms with Crippen molar-refractivity contribution in [1.82, 2.24) is 5.32 Å². The molecule has 0 unspecified atom stereocenters. The first-order valence-corrected chi connectivity index (χ1v) is 12.2. The molecule has 2 aromatic carbocycles. The van der Waals surface area contributed by atoms with Gasteiger partial charge < -0.3 is 16.0 Å². The SMILES string of the molecule is O=C(CCNC(=O)c1ccc(F)cc1Cl)Nc1ccccc1NC12CC3CC(CC(C3)C1)C2. The van der Waals surface area contributed by atoms with Gasteiger partial charge in [-0.3, -0.25) is 9.59 Å². The summed E-state index contributed by atoms with van der Waals surface area (Å²) in [6.07, 6.45) is 7.94. The number of amides is 2. The quantitative estimate of drug-likeness (QED) is 0.493. The zero-order chi connectivity index (χ0) is 23.0. The zero-order valence-corrected chi connectivity index (χ0v) is 19.3. The van der Waals surface area contributed by atoms with E-state index in [0.717, 1.165) is 35.2 Å². The van der Waals surface area contributed by atoms with Crippen LogP contribution in [0.5, 0.6) is 0 Å². The van der Waals surface area contributed by atoms with Gasteiger partial charge in [0, 0.05) is 18.5 Å². The number of anilines is 2. The van der Waals surface area contributed by atoms with Crippen molar-refractivity contribution in [2.75, 3.05) is 17.2 Å². The lowest BCUT2D eigenvalue weighted by Crippen LogP contribution is -2.54. The molecule has 5 nitrogen and oxygen atoms in total. The largest absolute Gasteiger partial charge is 0.378 e. The summed E-state index contributed by atoms with van der Waals surface area (Å²) < 4.78 is 13.2. The van der Waals surface area contributed by atoms with Crippen molar-refractivity contribution in [2.45, 2.75) is 50.5 Å². The number of para-hydroxylation sites is 2. The third-order valence-electron chi connectivity index (χ3n) is 7.45. The minimum Gasteiger partial charge on any atom is -0.378 e. The summed E-state index contributed by atoms with van der Waals surface area (Å²) in [5, 5.41) is 9.55. The second-order valence-corrected chi connectivity index (χ2v) is 10.5. The van der Waals surface area contributed by atoms with E-state index in [2.05, 4.69) is 16.0 Å². The van der Waals surface area contributed by atoms with Crippen molar-refractivity contribution in [3.63, 3.8) is 0 Å². The lowest BCUT2D eigenvalue weighted by molar-refractivity contribution is -0.116. The molecule has 0 aliphatic heterocycles. The molecular formula is C26H29ClFN3O2. The van der Waals surface area contributed by atoms with Gasteiger partial charge in [-0.1, -0.05) is 23.7 Å². The van der Waals surface area contributed by atoms with Gasteiger partial charge in [0.05, 0.1) is 22.0 Å². The Hall–Kier alpha value is -2.60. The first-order valence-electron chi connectivity index (χ1n) is 11.8. The zero-order valence-electron chi connectivity index (χ0n) is 18.5. The highest BCUT2D eigenvalue weighted by Crippen LogP contribution is 2.56. The van der Waals surface area contributed by atoms with E-state index in [-0.39, 0.29) is 35.0 Å². The maximum Gasteiger partial charge on any atom is 0.252 e. The monoisotopic (exact) mass is 469 g/mol. The van der Waals surface area contributed by atoms with E-state index in [1.165, 1.54) is 50.7 Å². The molecule has 4 saturated carbocycles. The van der Waals surface area contributed by atoms with Gasteiger partial charge in [-0.05, 0) is 86.6 Å². The summed E-state index contributed by atoms with van der Waals surface area (Å²) in [6.45, 7) is 0.156. The minimum atomic E-state index is -0.503. The molecule has 3 N–H and O–H groups in total. The second kappa shape index (κ2) is 8.98. The number of hydrogen-bond donors (Lipinski definition) is 3. The van der Waals surface area contributed by atoms with E-state index < -0.39 is 11.7 Å². The molecule has 0 atom stereocenters. The molecule has 7 heteroatoms. The Morgan fingerprint density at radius 2 is 1.61 bits per heavy atom. The minimum absolute atomic E-state index is 0.0432. The molecule has 6 rings (SSSR count). The maximum atomic E-state index is 13.2. The Morgan fingerprint density at radius 3 is 2.24 bits per heavy atom. The third kappa shape index (κ3) is 4.86. The van der Waals surface area contributed by atoms with Gasteiger partial charge in [-0.2, -0.15) is 0 Å². The molecule has 2 aromatic rings. The second-order valence-electron chi connectivity index (χ2n) is 10.0. The van der Waals surface area contributed by atoms with Crippen LogP contribution < -0.4 is 16.0 Å². The van der Waals surface area contributed by atoms with E-state index in [1.807, 2.05) is 24.3 Å². The number of hydrogen-bond acceptors (Lipinski definition) is 3. The van der Waals surface area contributed by atoms with Crippen molar-refractivity contribution in [3.8, 4) is 0 Å². The molecule has 0 heterocycles. The standard InChI is InChI=1S/C26H29ClFN3O2/c27-21-12-19(28)5-6-20(21)25(33)29-8-7-24(32)30-22-3-1-2-4-23(22)31-26-13-16-9-17(14-26)11-18(10-16)15-26/h1-6,12,16-18,31H,7-11,13-15H2,(H,29,33)(H,30,32). The predicted octanol–water partition coefficient (Wildman–Crippen LogP) is 5.62. The molecule has 2 amide bonds. The Bertz CT molecular complexity index is 1040. The summed E-state index contributed by atoms with van der Waals surface area (Å²) in [7, 11) is 0. The first kappa shape index (κ1) is 22.2. The van der Waals surface area contributed by atoms with Gasteiger partial charge in [0.1, 0.15) is 5.82 Å². The average Bonchev–Trinajstić information content (AvgIpc) is 2.74. The van der Waals surface area contributed by atoms with Gasteiger partial charge >= 0.3 is 0 Å². The topological polar surface area (TPSA) is 70.2 Å². The van der Waals surface area contributed by atoms with E-state index in [0.29, 0.717) is 0 Å². The molecule has 174 valence electrons. The number of benzene rings is 2. The van der Waals surface area contributed by atoms with Crippen molar-refractivity contribution in [1.29, 1.82) is 0 Å². The third-order valence-corrected chi connectivity index (χ3v) is 7.77. The highest BCUT2D eigenvalue weighted by Gasteiger charge is 2.51. The molecule has 0 aromatic heterocycles. The fourth-order valence-corrected chi connectivity index (χ4v) is 6.77. The van der Waals surface area contributed by atoms with Crippen molar-refractivity contribution >= 4 is 34.8 Å². The van der Waals surface area contributed by atoms with Crippen molar-refractivity contribution in [2.24, 2.45) is 17.8 Å². The van der Waals surface area contributed by atoms with Crippen LogP contribution in [0.3, 0.4) is 0 Å². The fraction of sp³-hybridized carbons (Fsp3) is 0.462. The van der Waals surface area contributed by atoms with E-state index in [4.69, 9.17) is 11.6 Å². The van der Waals surface area contributed by atoms with Crippen LogP contribution in [0.4, 0.5) is 15.8 Å². The smallest absolute Gasteiger partial charge is 0.252 e. The Kier molecular flexibility index (Phi) is 6.04. The Morgan fingerprint density at radius 1 is 0.970 bits per heavy atom. The Balaban J connectivity index is 1.17. The molecule has 4 fully saturated rings. The van der Waals surface area contributed by atoms with Crippen LogP contribution in [0.2, 0.25) is 5.02 Å². The average molecular weight is 470 g/mol. The lowest BCUT2D eigenvalue weighted by Gasteiger charge is -2.57. The number of carbonyl (C=O) groups is 2. The van der Waals surface area contributed by atoms with Crippen molar-refractivity contribution in [3.05, 3.63) is 58.9 Å². The molecule has 0 saturated heterocycles. The van der Waals surface area contributed by atoms with Gasteiger partial charge in [-0.25, -0.2) is 4.39 Å². The normalized spacial score (nSPS) is 27.3. The first-order chi connectivity index (χ1) is 15.9. The van der Waals surface area contributed by atoms with Crippen LogP contribution in [0.1, 0.15) is 55.3 Å². The van der Waals surface area contributed by atoms with E-state index >= 15 is 0 Å². The predicted molar refractivity (Wildman–Crippen MR) is 128 cm³/mol. The van der Waals surface area contributed by atoms with Crippen LogP contribution in [-0.4, -0.2) is 23.9 Å². The summed E-state index contributed by atoms with van der Waals surface area (Å²) in [4.78, 5) is 24.9. The number of carbonyl (C=O) groups excluding carboxylic acids is 2. The number of nitrogens with one attached hydrogen (secondary N) is 3. The van der Waals surface area contributed by atoms with Gasteiger partial charge in [0.25, 0.3) is 5.91 Å². The van der Waals surface area contributed by atoms with Crippen LogP contribution in [-0.2, 0) is 4.79 Å². The van der Waals surface area contributed by atoms with Crippen molar-refractivity contribution < 1.29 is 14.0 Å². The van der Waals surface area contributed by atoms with Crippen LogP contribution in [0.15, 0.2) is 42.5 Å². The molecule has 33 heavy (non-hydrogen) atoms.